The Balaban J connectivity index is 1.44. The normalized spacial score (nSPS) is 15.6. The zero-order chi connectivity index (χ0) is 17.2. The van der Waals surface area contributed by atoms with E-state index in [9.17, 15) is 0 Å². The van der Waals surface area contributed by atoms with Gasteiger partial charge in [0.05, 0.1) is 19.0 Å². The molecule has 0 unspecified atom stereocenters. The molecular weight excluding hydrogens is 322 g/mol. The average molecular weight is 337 g/mol. The lowest BCUT2D eigenvalue weighted by Gasteiger charge is -2.08. The number of methoxy groups -OCH3 is 1. The molecule has 4 rings (SSSR count). The molecule has 1 aliphatic carbocycles. The van der Waals surface area contributed by atoms with E-state index in [4.69, 9.17) is 14.0 Å². The van der Waals surface area contributed by atoms with Crippen molar-refractivity contribution in [3.63, 3.8) is 0 Å². The van der Waals surface area contributed by atoms with Gasteiger partial charge >= 0.3 is 0 Å². The number of hydrogen-bond donors (Lipinski definition) is 0. The van der Waals surface area contributed by atoms with Crippen molar-refractivity contribution in [2.45, 2.75) is 6.92 Å². The minimum Gasteiger partial charge on any atom is -0.495 e. The molecule has 0 saturated heterocycles. The highest BCUT2D eigenvalue weighted by molar-refractivity contribution is 5.78. The van der Waals surface area contributed by atoms with Gasteiger partial charge in [-0.3, -0.25) is 4.98 Å². The molecule has 126 valence electrons. The average Bonchev–Trinajstić information content (AvgIpc) is 3.21. The van der Waals surface area contributed by atoms with Crippen LogP contribution in [0.25, 0.3) is 17.0 Å². The summed E-state index contributed by atoms with van der Waals surface area (Å²) in [5.74, 6) is 2.30. The van der Waals surface area contributed by atoms with Gasteiger partial charge in [0.1, 0.15) is 23.7 Å². The first kappa shape index (κ1) is 15.3. The molecule has 1 aliphatic rings. The van der Waals surface area contributed by atoms with Crippen LogP contribution in [-0.4, -0.2) is 38.8 Å². The monoisotopic (exact) mass is 337 g/mol. The molecule has 0 aliphatic heterocycles. The van der Waals surface area contributed by atoms with Crippen LogP contribution in [0.5, 0.6) is 11.6 Å². The van der Waals surface area contributed by atoms with Gasteiger partial charge in [-0.2, -0.15) is 9.97 Å². The second kappa shape index (κ2) is 6.31. The zero-order valence-electron chi connectivity index (χ0n) is 13.7. The number of ether oxygens (including phenoxy) is 2. The van der Waals surface area contributed by atoms with Crippen LogP contribution in [0.2, 0.25) is 0 Å². The number of nitrogens with zero attached hydrogens (tertiary/aromatic N) is 5. The van der Waals surface area contributed by atoms with Crippen LogP contribution in [0.3, 0.4) is 0 Å². The highest BCUT2D eigenvalue weighted by atomic mass is 16.5. The van der Waals surface area contributed by atoms with E-state index in [0.29, 0.717) is 29.8 Å². The number of aryl methyl sites for hydroxylation is 1. The summed E-state index contributed by atoms with van der Waals surface area (Å²) in [4.78, 5) is 16.9. The third kappa shape index (κ3) is 3.18. The molecule has 8 nitrogen and oxygen atoms in total. The Kier molecular flexibility index (Phi) is 3.85. The summed E-state index contributed by atoms with van der Waals surface area (Å²) in [6.07, 6.45) is 6.76. The predicted molar refractivity (Wildman–Crippen MR) is 87.8 cm³/mol. The van der Waals surface area contributed by atoms with E-state index < -0.39 is 0 Å². The molecule has 0 bridgehead atoms. The molecule has 3 aromatic rings. The molecule has 0 amide bonds. The van der Waals surface area contributed by atoms with Crippen molar-refractivity contribution < 1.29 is 14.0 Å². The predicted octanol–water partition coefficient (Wildman–Crippen LogP) is 2.33. The van der Waals surface area contributed by atoms with Crippen LogP contribution in [0.4, 0.5) is 0 Å². The second-order valence-electron chi connectivity index (χ2n) is 5.51. The van der Waals surface area contributed by atoms with Gasteiger partial charge < -0.3 is 14.0 Å². The highest BCUT2D eigenvalue weighted by Gasteiger charge is 2.28. The Hall–Kier alpha value is -3.29. The lowest BCUT2D eigenvalue weighted by Crippen LogP contribution is -2.06. The van der Waals surface area contributed by atoms with Gasteiger partial charge in [0.15, 0.2) is 6.33 Å². The fourth-order valence-corrected chi connectivity index (χ4v) is 2.42. The Bertz CT molecular complexity index is 907. The molecular formula is C17H15N5O3. The van der Waals surface area contributed by atoms with Crippen LogP contribution >= 0.6 is 0 Å². The van der Waals surface area contributed by atoms with E-state index in [1.54, 1.807) is 26.4 Å². The number of pyridine rings is 1. The van der Waals surface area contributed by atoms with E-state index in [2.05, 4.69) is 31.2 Å². The van der Waals surface area contributed by atoms with Crippen molar-refractivity contribution in [3.05, 3.63) is 48.4 Å². The quantitative estimate of drug-likeness (QED) is 0.676. The minimum absolute atomic E-state index is 0.201. The molecule has 0 fully saturated rings. The molecule has 8 heteroatoms. The van der Waals surface area contributed by atoms with Gasteiger partial charge in [-0.05, 0) is 24.6 Å². The van der Waals surface area contributed by atoms with Crippen molar-refractivity contribution >= 4 is 5.57 Å². The summed E-state index contributed by atoms with van der Waals surface area (Å²) >= 11 is 0. The molecule has 3 aromatic heterocycles. The maximum absolute atomic E-state index is 5.88. The van der Waals surface area contributed by atoms with Crippen LogP contribution in [0, 0.1) is 12.8 Å². The molecule has 1 atom stereocenters. The standard InChI is InChI=1S/C17H15N5O3/c1-10-18-7-14(16-20-9-21-25-16)17(22-10)24-8-11-5-13(11)15-4-3-12(23-2)6-19-15/h3-7,9,11H,8H2,1-2H3/t11-/m1/s1. The topological polar surface area (TPSA) is 96.1 Å². The highest BCUT2D eigenvalue weighted by Crippen LogP contribution is 2.38. The first-order valence-corrected chi connectivity index (χ1v) is 7.70. The van der Waals surface area contributed by atoms with Crippen molar-refractivity contribution in [2.24, 2.45) is 5.92 Å². The van der Waals surface area contributed by atoms with Gasteiger partial charge in [0.25, 0.3) is 5.89 Å². The maximum Gasteiger partial charge on any atom is 0.264 e. The first-order chi connectivity index (χ1) is 12.2. The Labute approximate surface area is 143 Å². The molecule has 0 aromatic carbocycles. The smallest absolute Gasteiger partial charge is 0.264 e. The van der Waals surface area contributed by atoms with Crippen molar-refractivity contribution in [2.75, 3.05) is 13.7 Å². The molecule has 0 radical (unpaired) electrons. The lowest BCUT2D eigenvalue weighted by molar-refractivity contribution is 0.297. The van der Waals surface area contributed by atoms with Crippen LogP contribution < -0.4 is 9.47 Å². The van der Waals surface area contributed by atoms with Gasteiger partial charge in [-0.1, -0.05) is 11.2 Å². The Morgan fingerprint density at radius 2 is 2.08 bits per heavy atom. The Morgan fingerprint density at radius 3 is 2.80 bits per heavy atom. The van der Waals surface area contributed by atoms with Gasteiger partial charge in [0.2, 0.25) is 5.88 Å². The number of rotatable bonds is 6. The minimum atomic E-state index is 0.201. The maximum atomic E-state index is 5.88. The molecule has 25 heavy (non-hydrogen) atoms. The third-order valence-corrected chi connectivity index (χ3v) is 3.80. The number of hydrogen-bond acceptors (Lipinski definition) is 8. The zero-order valence-corrected chi connectivity index (χ0v) is 13.7. The molecule has 0 N–H and O–H groups in total. The van der Waals surface area contributed by atoms with Gasteiger partial charge in [-0.15, -0.1) is 0 Å². The fraction of sp³-hybridized carbons (Fsp3) is 0.235. The second-order valence-corrected chi connectivity index (χ2v) is 5.51. The van der Waals surface area contributed by atoms with Crippen molar-refractivity contribution in [3.8, 4) is 23.1 Å². The van der Waals surface area contributed by atoms with E-state index >= 15 is 0 Å². The lowest BCUT2D eigenvalue weighted by atomic mass is 10.2. The molecule has 3 heterocycles. The summed E-state index contributed by atoms with van der Waals surface area (Å²) in [5, 5.41) is 3.61. The van der Waals surface area contributed by atoms with Crippen LogP contribution in [0.1, 0.15) is 11.5 Å². The van der Waals surface area contributed by atoms with E-state index in [1.165, 1.54) is 6.33 Å². The largest absolute Gasteiger partial charge is 0.495 e. The van der Waals surface area contributed by atoms with E-state index in [1.807, 2.05) is 12.1 Å². The van der Waals surface area contributed by atoms with E-state index in [-0.39, 0.29) is 5.92 Å². The fourth-order valence-electron chi connectivity index (χ4n) is 2.42. The van der Waals surface area contributed by atoms with Crippen molar-refractivity contribution in [1.29, 1.82) is 0 Å². The van der Waals surface area contributed by atoms with Gasteiger partial charge in [0, 0.05) is 12.1 Å². The third-order valence-electron chi connectivity index (χ3n) is 3.80. The summed E-state index contributed by atoms with van der Waals surface area (Å²) in [6, 6.07) is 3.82. The summed E-state index contributed by atoms with van der Waals surface area (Å²) in [5.41, 5.74) is 2.64. The number of aromatic nitrogens is 5. The summed E-state index contributed by atoms with van der Waals surface area (Å²) in [7, 11) is 1.62. The Morgan fingerprint density at radius 1 is 1.16 bits per heavy atom. The van der Waals surface area contributed by atoms with Crippen LogP contribution in [0.15, 0.2) is 41.5 Å². The SMILES string of the molecule is COc1ccc(C2=C[C@@H]2COc2nc(C)ncc2-c2ncno2)nc1. The molecule has 0 spiro atoms. The van der Waals surface area contributed by atoms with Crippen molar-refractivity contribution in [1.82, 2.24) is 25.1 Å². The first-order valence-electron chi connectivity index (χ1n) is 7.70. The van der Waals surface area contributed by atoms with Gasteiger partial charge in [-0.25, -0.2) is 4.98 Å². The van der Waals surface area contributed by atoms with Crippen LogP contribution in [-0.2, 0) is 0 Å². The molecule has 0 saturated carbocycles. The summed E-state index contributed by atoms with van der Waals surface area (Å²) < 4.78 is 16.1. The van der Waals surface area contributed by atoms with E-state index in [0.717, 1.165) is 17.0 Å². The summed E-state index contributed by atoms with van der Waals surface area (Å²) in [6.45, 7) is 2.26.